The van der Waals surface area contributed by atoms with E-state index < -0.39 is 32.3 Å². The average molecular weight is 860 g/mol. The zero-order valence-corrected chi connectivity index (χ0v) is 41.4. The van der Waals surface area contributed by atoms with Crippen LogP contribution >= 0.6 is 16.1 Å². The van der Waals surface area contributed by atoms with Gasteiger partial charge in [0.05, 0.1) is 16.1 Å². The van der Waals surface area contributed by atoms with Crippen molar-refractivity contribution in [1.82, 2.24) is 4.44 Å². The molecule has 0 unspecified atom stereocenters. The summed E-state index contributed by atoms with van der Waals surface area (Å²) in [5, 5.41) is 7.08. The van der Waals surface area contributed by atoms with Crippen molar-refractivity contribution >= 4 is 63.9 Å². The lowest BCUT2D eigenvalue weighted by Crippen LogP contribution is -2.49. The second-order valence-corrected chi connectivity index (χ2v) is 30.9. The lowest BCUT2D eigenvalue weighted by Gasteiger charge is -2.43. The second kappa shape index (κ2) is 25.1. The van der Waals surface area contributed by atoms with Crippen LogP contribution < -0.4 is 31.6 Å². The van der Waals surface area contributed by atoms with E-state index in [1.54, 1.807) is 34.6 Å². The minimum absolute atomic E-state index is 0.0216. The van der Waals surface area contributed by atoms with Gasteiger partial charge >= 0.3 is 0 Å². The van der Waals surface area contributed by atoms with E-state index in [0.717, 1.165) is 0 Å². The summed E-state index contributed by atoms with van der Waals surface area (Å²) >= 11 is 0. The molecule has 0 spiro atoms. The molecule has 0 aliphatic rings. The summed E-state index contributed by atoms with van der Waals surface area (Å²) in [5.41, 5.74) is 0. The third kappa shape index (κ3) is 12.5. The Bertz CT molecular complexity index is 1620. The predicted octanol–water partition coefficient (Wildman–Crippen LogP) is 14.2. The van der Waals surface area contributed by atoms with Gasteiger partial charge in [-0.2, -0.15) is 0 Å². The lowest BCUT2D eigenvalue weighted by atomic mass is 10.3. The van der Waals surface area contributed by atoms with Gasteiger partial charge in [-0.1, -0.05) is 238 Å². The van der Waals surface area contributed by atoms with Gasteiger partial charge in [0, 0.05) is 32.8 Å². The Morgan fingerprint density at radius 3 is 1.07 bits per heavy atom. The van der Waals surface area contributed by atoms with Crippen LogP contribution in [0.3, 0.4) is 0 Å². The highest BCUT2D eigenvalue weighted by Gasteiger charge is 2.40. The van der Waals surface area contributed by atoms with Gasteiger partial charge in [0.2, 0.25) is 0 Å². The highest BCUT2D eigenvalue weighted by molar-refractivity contribution is 7.84. The minimum Gasteiger partial charge on any atom is -0.242 e. The molecule has 0 bridgehead atoms. The second-order valence-electron chi connectivity index (χ2n) is 17.2. The Labute approximate surface area is 358 Å². The Morgan fingerprint density at radius 1 is 0.448 bits per heavy atom. The Balaban J connectivity index is 2.11. The SMILES string of the molecule is CCCC[Si](CCCC)(CCCC)c1cccc(P(c2cccc([Si](CCCC)(CCCC)CCCC)c2)N(C(C)C)P(c2ccccc2F)c2ccccc2F)c1. The number of benzene rings is 4. The first-order chi connectivity index (χ1) is 28.1. The maximum atomic E-state index is 16.4. The van der Waals surface area contributed by atoms with Crippen LogP contribution in [0, 0.1) is 11.6 Å². The van der Waals surface area contributed by atoms with E-state index in [9.17, 15) is 0 Å². The molecule has 4 aromatic rings. The van der Waals surface area contributed by atoms with Crippen LogP contribution in [-0.2, 0) is 0 Å². The number of halogens is 2. The van der Waals surface area contributed by atoms with E-state index in [4.69, 9.17) is 0 Å². The number of hydrogen-bond donors (Lipinski definition) is 0. The molecular weight excluding hydrogens is 783 g/mol. The highest BCUT2D eigenvalue weighted by Crippen LogP contribution is 2.56. The summed E-state index contributed by atoms with van der Waals surface area (Å²) in [4.78, 5) is 0. The zero-order chi connectivity index (χ0) is 42.0. The molecule has 0 saturated heterocycles. The first-order valence-electron chi connectivity index (χ1n) is 23.2. The van der Waals surface area contributed by atoms with Crippen LogP contribution in [0.5, 0.6) is 0 Å². The molecule has 58 heavy (non-hydrogen) atoms. The number of nitrogens with zero attached hydrogens (tertiary/aromatic N) is 1. The number of rotatable bonds is 27. The average Bonchev–Trinajstić information content (AvgIpc) is 3.24. The molecule has 0 saturated carbocycles. The first kappa shape index (κ1) is 48.7. The van der Waals surface area contributed by atoms with E-state index in [-0.39, 0.29) is 17.7 Å². The number of unbranched alkanes of at least 4 members (excludes halogenated alkanes) is 6. The smallest absolute Gasteiger partial charge is 0.132 e. The molecule has 0 heterocycles. The van der Waals surface area contributed by atoms with Crippen LogP contribution in [0.1, 0.15) is 132 Å². The zero-order valence-electron chi connectivity index (χ0n) is 37.6. The van der Waals surface area contributed by atoms with Gasteiger partial charge in [-0.05, 0) is 48.7 Å². The summed E-state index contributed by atoms with van der Waals surface area (Å²) in [7, 11) is -6.47. The van der Waals surface area contributed by atoms with Gasteiger partial charge in [-0.25, -0.2) is 13.2 Å². The standard InChI is InChI=1S/C51H77F2NP2Si2/c1-9-15-35-57(36-16-10-2,37-17-11-3)46-29-25-27-44(41-46)55(45-28-26-30-47(42-45)58(38-18-12-4,39-19-13-5)40-20-14-6)54(43(7)8)56(50-33-23-21-31-48(50)52)51-34-24-22-32-49(51)53/h21-34,41-43H,9-20,35-40H2,1-8H3. The highest BCUT2D eigenvalue weighted by atomic mass is 31.2. The molecule has 0 fully saturated rings. The van der Waals surface area contributed by atoms with Crippen molar-refractivity contribution in [2.75, 3.05) is 0 Å². The van der Waals surface area contributed by atoms with Gasteiger partial charge < -0.3 is 0 Å². The maximum absolute atomic E-state index is 16.4. The van der Waals surface area contributed by atoms with E-state index in [0.29, 0.717) is 10.6 Å². The molecule has 4 aromatic carbocycles. The van der Waals surface area contributed by atoms with Crippen LogP contribution in [0.2, 0.25) is 36.3 Å². The van der Waals surface area contributed by atoms with Crippen LogP contribution in [0.15, 0.2) is 97.1 Å². The van der Waals surface area contributed by atoms with Crippen molar-refractivity contribution in [2.24, 2.45) is 0 Å². The molecule has 4 rings (SSSR count). The van der Waals surface area contributed by atoms with Crippen LogP contribution in [-0.4, -0.2) is 26.6 Å². The van der Waals surface area contributed by atoms with Crippen molar-refractivity contribution in [3.05, 3.63) is 109 Å². The van der Waals surface area contributed by atoms with Gasteiger partial charge in [-0.3, -0.25) is 0 Å². The fourth-order valence-corrected chi connectivity index (χ4v) is 27.0. The van der Waals surface area contributed by atoms with E-state index >= 15 is 8.78 Å². The largest absolute Gasteiger partial charge is 0.242 e. The van der Waals surface area contributed by atoms with E-state index in [1.165, 1.54) is 124 Å². The van der Waals surface area contributed by atoms with Gasteiger partial charge in [0.15, 0.2) is 0 Å². The predicted molar refractivity (Wildman–Crippen MR) is 264 cm³/mol. The molecule has 0 atom stereocenters. The molecule has 0 aliphatic heterocycles. The summed E-state index contributed by atoms with van der Waals surface area (Å²) in [6.45, 7) is 18.6. The molecule has 0 N–H and O–H groups in total. The molecule has 0 amide bonds. The summed E-state index contributed by atoms with van der Waals surface area (Å²) in [6, 6.07) is 42.1. The van der Waals surface area contributed by atoms with E-state index in [1.807, 2.05) is 24.3 Å². The normalized spacial score (nSPS) is 12.4. The summed E-state index contributed by atoms with van der Waals surface area (Å²) < 4.78 is 35.4. The van der Waals surface area contributed by atoms with Crippen molar-refractivity contribution in [2.45, 2.75) is 175 Å². The number of hydrogen-bond acceptors (Lipinski definition) is 1. The molecule has 318 valence electrons. The molecule has 7 heteroatoms. The topological polar surface area (TPSA) is 3.24 Å². The molecule has 0 aliphatic carbocycles. The fraction of sp³-hybridized carbons (Fsp3) is 0.529. The van der Waals surface area contributed by atoms with Gasteiger partial charge in [0.25, 0.3) is 0 Å². The maximum Gasteiger partial charge on any atom is 0.132 e. The third-order valence-corrected chi connectivity index (χ3v) is 29.4. The molecule has 0 radical (unpaired) electrons. The molecule has 1 nitrogen and oxygen atoms in total. The minimum atomic E-state index is -1.85. The van der Waals surface area contributed by atoms with Crippen molar-refractivity contribution in [3.8, 4) is 0 Å². The van der Waals surface area contributed by atoms with E-state index in [2.05, 4.69) is 108 Å². The van der Waals surface area contributed by atoms with Crippen LogP contribution in [0.4, 0.5) is 8.78 Å². The Hall–Kier alpha value is -2.01. The lowest BCUT2D eigenvalue weighted by molar-refractivity contribution is 0.578. The Morgan fingerprint density at radius 2 is 0.776 bits per heavy atom. The molecular formula is C51H77F2NP2Si2. The van der Waals surface area contributed by atoms with Gasteiger partial charge in [-0.15, -0.1) is 0 Å². The fourth-order valence-electron chi connectivity index (χ4n) is 9.18. The van der Waals surface area contributed by atoms with Crippen molar-refractivity contribution in [3.63, 3.8) is 0 Å². The molecule has 0 aromatic heterocycles. The van der Waals surface area contributed by atoms with Gasteiger partial charge in [0.1, 0.15) is 11.6 Å². The quantitative estimate of drug-likeness (QED) is 0.0426. The van der Waals surface area contributed by atoms with Crippen LogP contribution in [0.25, 0.3) is 0 Å². The van der Waals surface area contributed by atoms with Crippen molar-refractivity contribution < 1.29 is 8.78 Å². The summed E-state index contributed by atoms with van der Waals surface area (Å²) in [6.07, 6.45) is 15.0. The van der Waals surface area contributed by atoms with Crippen molar-refractivity contribution in [1.29, 1.82) is 0 Å². The first-order valence-corrected chi connectivity index (χ1v) is 31.1. The third-order valence-electron chi connectivity index (χ3n) is 12.5. The summed E-state index contributed by atoms with van der Waals surface area (Å²) in [5.74, 6) is -0.509. The Kier molecular flexibility index (Phi) is 21.0. The monoisotopic (exact) mass is 860 g/mol.